The lowest BCUT2D eigenvalue weighted by atomic mass is 9.96. The first kappa shape index (κ1) is 18.3. The first-order valence-electron chi connectivity index (χ1n) is 8.69. The molecule has 5 nitrogen and oxygen atoms in total. The molecule has 1 aromatic rings. The number of ether oxygens (including phenoxy) is 1. The van der Waals surface area contributed by atoms with E-state index in [1.54, 1.807) is 0 Å². The average Bonchev–Trinajstić information content (AvgIpc) is 3.01. The first-order chi connectivity index (χ1) is 11.3. The molecule has 2 rings (SSSR count). The van der Waals surface area contributed by atoms with Crippen LogP contribution in [0.15, 0.2) is 24.3 Å². The highest BCUT2D eigenvalue weighted by molar-refractivity contribution is 5.91. The van der Waals surface area contributed by atoms with Gasteiger partial charge in [0.15, 0.2) is 0 Å². The Kier molecular flexibility index (Phi) is 6.23. The van der Waals surface area contributed by atoms with Crippen molar-refractivity contribution in [3.05, 3.63) is 24.3 Å². The van der Waals surface area contributed by atoms with E-state index < -0.39 is 5.41 Å². The molecule has 0 bridgehead atoms. The number of carbonyl (C=O) groups is 2. The molecule has 0 aromatic heterocycles. The number of benzene rings is 1. The molecular weight excluding hydrogens is 304 g/mol. The van der Waals surface area contributed by atoms with Crippen molar-refractivity contribution in [1.82, 2.24) is 5.32 Å². The largest absolute Gasteiger partial charge is 0.490 e. The Bertz CT molecular complexity index is 555. The zero-order valence-electron chi connectivity index (χ0n) is 14.9. The monoisotopic (exact) mass is 332 g/mol. The quantitative estimate of drug-likeness (QED) is 0.838. The standard InChI is InChI=1S/C19H28N2O3/c1-19(2,3)18(23)20-13-12-17(22)21-14-8-10-16(11-9-14)24-15-6-4-5-7-15/h8-11,15H,4-7,12-13H2,1-3H3,(H,20,23)(H,21,22). The molecule has 2 N–H and O–H groups in total. The van der Waals surface area contributed by atoms with Gasteiger partial charge >= 0.3 is 0 Å². The lowest BCUT2D eigenvalue weighted by Gasteiger charge is -2.17. The molecular formula is C19H28N2O3. The maximum absolute atomic E-state index is 11.9. The molecule has 1 fully saturated rings. The second-order valence-electron chi connectivity index (χ2n) is 7.35. The third kappa shape index (κ3) is 5.87. The summed E-state index contributed by atoms with van der Waals surface area (Å²) in [6.45, 7) is 5.87. The van der Waals surface area contributed by atoms with Gasteiger partial charge in [0.25, 0.3) is 0 Å². The van der Waals surface area contributed by atoms with Gasteiger partial charge in [0, 0.05) is 24.1 Å². The molecule has 0 spiro atoms. The van der Waals surface area contributed by atoms with Gasteiger partial charge in [-0.3, -0.25) is 9.59 Å². The van der Waals surface area contributed by atoms with Crippen LogP contribution in [-0.2, 0) is 9.59 Å². The van der Waals surface area contributed by atoms with Crippen LogP contribution in [-0.4, -0.2) is 24.5 Å². The van der Waals surface area contributed by atoms with Crippen LogP contribution < -0.4 is 15.4 Å². The highest BCUT2D eigenvalue weighted by atomic mass is 16.5. The van der Waals surface area contributed by atoms with E-state index in [0.717, 1.165) is 24.3 Å². The fraction of sp³-hybridized carbons (Fsp3) is 0.579. The Hall–Kier alpha value is -2.04. The molecule has 1 aliphatic rings. The minimum absolute atomic E-state index is 0.0521. The maximum atomic E-state index is 11.9. The van der Waals surface area contributed by atoms with Crippen molar-refractivity contribution >= 4 is 17.5 Å². The summed E-state index contributed by atoms with van der Waals surface area (Å²) in [4.78, 5) is 23.6. The molecule has 0 aliphatic heterocycles. The SMILES string of the molecule is CC(C)(C)C(=O)NCCC(=O)Nc1ccc(OC2CCCC2)cc1. The van der Waals surface area contributed by atoms with Gasteiger partial charge in [-0.15, -0.1) is 0 Å². The van der Waals surface area contributed by atoms with Gasteiger partial charge in [0.2, 0.25) is 11.8 Å². The summed E-state index contributed by atoms with van der Waals surface area (Å²) in [7, 11) is 0. The Morgan fingerprint density at radius 1 is 1.12 bits per heavy atom. The van der Waals surface area contributed by atoms with Gasteiger partial charge in [0.1, 0.15) is 5.75 Å². The molecule has 5 heteroatoms. The molecule has 0 saturated heterocycles. The van der Waals surface area contributed by atoms with Crippen molar-refractivity contribution in [2.75, 3.05) is 11.9 Å². The molecule has 0 atom stereocenters. The first-order valence-corrected chi connectivity index (χ1v) is 8.69. The van der Waals surface area contributed by atoms with E-state index in [1.165, 1.54) is 12.8 Å². The van der Waals surface area contributed by atoms with Crippen molar-refractivity contribution in [2.24, 2.45) is 5.41 Å². The average molecular weight is 332 g/mol. The molecule has 1 aromatic carbocycles. The highest BCUT2D eigenvalue weighted by Crippen LogP contribution is 2.25. The van der Waals surface area contributed by atoms with E-state index in [-0.39, 0.29) is 18.2 Å². The number of hydrogen-bond acceptors (Lipinski definition) is 3. The number of amides is 2. The van der Waals surface area contributed by atoms with Crippen LogP contribution in [0.25, 0.3) is 0 Å². The minimum atomic E-state index is -0.439. The van der Waals surface area contributed by atoms with Crippen molar-refractivity contribution in [3.63, 3.8) is 0 Å². The summed E-state index contributed by atoms with van der Waals surface area (Å²) < 4.78 is 5.90. The molecule has 1 saturated carbocycles. The van der Waals surface area contributed by atoms with Gasteiger partial charge in [-0.2, -0.15) is 0 Å². The zero-order valence-corrected chi connectivity index (χ0v) is 14.9. The minimum Gasteiger partial charge on any atom is -0.490 e. The Morgan fingerprint density at radius 3 is 2.33 bits per heavy atom. The molecule has 2 amide bonds. The molecule has 0 heterocycles. The van der Waals surface area contributed by atoms with Crippen LogP contribution in [0.3, 0.4) is 0 Å². The van der Waals surface area contributed by atoms with Crippen LogP contribution in [0.1, 0.15) is 52.9 Å². The summed E-state index contributed by atoms with van der Waals surface area (Å²) in [5.74, 6) is 0.676. The smallest absolute Gasteiger partial charge is 0.226 e. The summed E-state index contributed by atoms with van der Waals surface area (Å²) in [5.41, 5.74) is 0.298. The van der Waals surface area contributed by atoms with Gasteiger partial charge in [-0.05, 0) is 49.9 Å². The van der Waals surface area contributed by atoms with E-state index in [9.17, 15) is 9.59 Å². The lowest BCUT2D eigenvalue weighted by molar-refractivity contribution is -0.128. The second-order valence-corrected chi connectivity index (χ2v) is 7.35. The van der Waals surface area contributed by atoms with E-state index in [4.69, 9.17) is 4.74 Å². The van der Waals surface area contributed by atoms with Crippen molar-refractivity contribution in [1.29, 1.82) is 0 Å². The zero-order chi connectivity index (χ0) is 17.6. The van der Waals surface area contributed by atoms with Crippen LogP contribution in [0, 0.1) is 5.41 Å². The lowest BCUT2D eigenvalue weighted by Crippen LogP contribution is -2.36. The number of nitrogens with one attached hydrogen (secondary N) is 2. The fourth-order valence-electron chi connectivity index (χ4n) is 2.59. The van der Waals surface area contributed by atoms with Crippen LogP contribution >= 0.6 is 0 Å². The summed E-state index contributed by atoms with van der Waals surface area (Å²) in [5, 5.41) is 5.60. The summed E-state index contributed by atoms with van der Waals surface area (Å²) in [6, 6.07) is 7.45. The van der Waals surface area contributed by atoms with Crippen LogP contribution in [0.5, 0.6) is 5.75 Å². The molecule has 1 aliphatic carbocycles. The fourth-order valence-corrected chi connectivity index (χ4v) is 2.59. The van der Waals surface area contributed by atoms with Gasteiger partial charge in [-0.25, -0.2) is 0 Å². The Labute approximate surface area is 144 Å². The molecule has 0 unspecified atom stereocenters. The predicted octanol–water partition coefficient (Wildman–Crippen LogP) is 3.50. The van der Waals surface area contributed by atoms with Crippen LogP contribution in [0.4, 0.5) is 5.69 Å². The van der Waals surface area contributed by atoms with E-state index >= 15 is 0 Å². The Balaban J connectivity index is 1.72. The van der Waals surface area contributed by atoms with Crippen LogP contribution in [0.2, 0.25) is 0 Å². The highest BCUT2D eigenvalue weighted by Gasteiger charge is 2.20. The van der Waals surface area contributed by atoms with Crippen molar-refractivity contribution in [3.8, 4) is 5.75 Å². The van der Waals surface area contributed by atoms with E-state index in [0.29, 0.717) is 12.6 Å². The summed E-state index contributed by atoms with van der Waals surface area (Å²) in [6.07, 6.45) is 5.31. The van der Waals surface area contributed by atoms with Crippen molar-refractivity contribution < 1.29 is 14.3 Å². The van der Waals surface area contributed by atoms with Gasteiger partial charge in [0.05, 0.1) is 6.10 Å². The molecule has 132 valence electrons. The number of carbonyl (C=O) groups excluding carboxylic acids is 2. The topological polar surface area (TPSA) is 67.4 Å². The third-order valence-corrected chi connectivity index (χ3v) is 4.06. The molecule has 24 heavy (non-hydrogen) atoms. The van der Waals surface area contributed by atoms with Gasteiger partial charge in [-0.1, -0.05) is 20.8 Å². The summed E-state index contributed by atoms with van der Waals surface area (Å²) >= 11 is 0. The molecule has 0 radical (unpaired) electrons. The van der Waals surface area contributed by atoms with Crippen molar-refractivity contribution in [2.45, 2.75) is 59.0 Å². The second kappa shape index (κ2) is 8.18. The number of rotatable bonds is 6. The number of hydrogen-bond donors (Lipinski definition) is 2. The number of anilines is 1. The van der Waals surface area contributed by atoms with E-state index in [1.807, 2.05) is 45.0 Å². The maximum Gasteiger partial charge on any atom is 0.226 e. The van der Waals surface area contributed by atoms with Gasteiger partial charge < -0.3 is 15.4 Å². The predicted molar refractivity (Wildman–Crippen MR) is 95.0 cm³/mol. The normalized spacial score (nSPS) is 15.1. The van der Waals surface area contributed by atoms with E-state index in [2.05, 4.69) is 10.6 Å². The Morgan fingerprint density at radius 2 is 1.75 bits per heavy atom. The third-order valence-electron chi connectivity index (χ3n) is 4.06.